The molecule has 0 saturated heterocycles. The van der Waals surface area contributed by atoms with E-state index in [9.17, 15) is 0 Å². The van der Waals surface area contributed by atoms with Gasteiger partial charge in [-0.05, 0) is 29.0 Å². The molecular weight excluding hydrogens is 284 g/mol. The van der Waals surface area contributed by atoms with Gasteiger partial charge in [0.15, 0.2) is 0 Å². The molecule has 0 fully saturated rings. The Morgan fingerprint density at radius 3 is 2.09 bits per heavy atom. The van der Waals surface area contributed by atoms with Crippen molar-refractivity contribution in [2.24, 2.45) is 0 Å². The van der Waals surface area contributed by atoms with E-state index in [2.05, 4.69) is 62.8 Å². The second-order valence-electron chi connectivity index (χ2n) is 6.29. The van der Waals surface area contributed by atoms with Crippen molar-refractivity contribution in [2.75, 3.05) is 12.4 Å². The van der Waals surface area contributed by atoms with Gasteiger partial charge >= 0.3 is 0 Å². The molecule has 1 aromatic heterocycles. The van der Waals surface area contributed by atoms with Crippen molar-refractivity contribution in [3.63, 3.8) is 0 Å². The van der Waals surface area contributed by atoms with E-state index in [1.54, 1.807) is 7.11 Å². The summed E-state index contributed by atoms with van der Waals surface area (Å²) in [4.78, 5) is 4.45. The van der Waals surface area contributed by atoms with E-state index in [4.69, 9.17) is 4.74 Å². The van der Waals surface area contributed by atoms with E-state index < -0.39 is 0 Å². The molecule has 0 atom stereocenters. The van der Waals surface area contributed by atoms with Crippen LogP contribution in [-0.4, -0.2) is 12.1 Å². The van der Waals surface area contributed by atoms with E-state index >= 15 is 0 Å². The maximum absolute atomic E-state index is 5.20. The predicted octanol–water partition coefficient (Wildman–Crippen LogP) is 5.42. The van der Waals surface area contributed by atoms with Crippen molar-refractivity contribution in [3.05, 3.63) is 59.8 Å². The molecule has 0 aliphatic carbocycles. The maximum atomic E-state index is 5.20. The lowest BCUT2D eigenvalue weighted by Crippen LogP contribution is -2.07. The summed E-state index contributed by atoms with van der Waals surface area (Å²) in [7, 11) is 1.62. The number of nitrogens with zero attached hydrogens (tertiary/aromatic N) is 1. The van der Waals surface area contributed by atoms with E-state index in [1.807, 2.05) is 18.2 Å². The summed E-state index contributed by atoms with van der Waals surface area (Å²) in [6.45, 7) is 13.0. The summed E-state index contributed by atoms with van der Waals surface area (Å²) in [5, 5.41) is 3.50. The number of pyridine rings is 1. The van der Waals surface area contributed by atoms with Gasteiger partial charge < -0.3 is 10.1 Å². The summed E-state index contributed by atoms with van der Waals surface area (Å²) < 4.78 is 5.20. The number of ether oxygens (including phenoxy) is 1. The van der Waals surface area contributed by atoms with Crippen LogP contribution >= 0.6 is 0 Å². The highest BCUT2D eigenvalue weighted by Crippen LogP contribution is 2.34. The van der Waals surface area contributed by atoms with Gasteiger partial charge in [-0.15, -0.1) is 0 Å². The first-order chi connectivity index (χ1) is 10.9. The van der Waals surface area contributed by atoms with Gasteiger partial charge in [-0.2, -0.15) is 0 Å². The van der Waals surface area contributed by atoms with Gasteiger partial charge in [-0.25, -0.2) is 4.98 Å². The second kappa shape index (κ2) is 7.32. The van der Waals surface area contributed by atoms with Crippen LogP contribution in [0.1, 0.15) is 56.4 Å². The number of benzene rings is 1. The van der Waals surface area contributed by atoms with Crippen LogP contribution in [-0.2, 0) is 0 Å². The Balaban J connectivity index is 2.39. The molecule has 0 aliphatic heterocycles. The molecule has 122 valence electrons. The van der Waals surface area contributed by atoms with Crippen molar-refractivity contribution < 1.29 is 4.74 Å². The number of hydrogen-bond donors (Lipinski definition) is 1. The van der Waals surface area contributed by atoms with Crippen LogP contribution in [0.4, 0.5) is 5.69 Å². The second-order valence-corrected chi connectivity index (χ2v) is 6.29. The molecular formula is C20H26N2O. The number of para-hydroxylation sites is 1. The summed E-state index contributed by atoms with van der Waals surface area (Å²) in [5.41, 5.74) is 5.30. The molecule has 23 heavy (non-hydrogen) atoms. The van der Waals surface area contributed by atoms with E-state index in [0.29, 0.717) is 17.7 Å². The van der Waals surface area contributed by atoms with Crippen molar-refractivity contribution in [1.29, 1.82) is 0 Å². The Bertz CT molecular complexity index is 664. The first-order valence-corrected chi connectivity index (χ1v) is 8.04. The monoisotopic (exact) mass is 310 g/mol. The Labute approximate surface area is 139 Å². The molecule has 1 N–H and O–H groups in total. The van der Waals surface area contributed by atoms with Crippen molar-refractivity contribution in [3.8, 4) is 5.88 Å². The lowest BCUT2D eigenvalue weighted by atomic mass is 9.92. The highest BCUT2D eigenvalue weighted by atomic mass is 16.5. The van der Waals surface area contributed by atoms with E-state index in [1.165, 1.54) is 11.1 Å². The molecule has 3 nitrogen and oxygen atoms in total. The molecule has 3 heteroatoms. The Kier molecular flexibility index (Phi) is 5.43. The molecule has 1 heterocycles. The molecule has 0 unspecified atom stereocenters. The van der Waals surface area contributed by atoms with Crippen LogP contribution < -0.4 is 10.1 Å². The van der Waals surface area contributed by atoms with Gasteiger partial charge in [0.05, 0.1) is 18.5 Å². The van der Waals surface area contributed by atoms with Crippen LogP contribution in [0.3, 0.4) is 0 Å². The van der Waals surface area contributed by atoms with Gasteiger partial charge in [0.1, 0.15) is 0 Å². The quantitative estimate of drug-likeness (QED) is 0.773. The fourth-order valence-corrected chi connectivity index (χ4v) is 2.61. The van der Waals surface area contributed by atoms with Crippen LogP contribution in [0.15, 0.2) is 43.0 Å². The molecule has 0 radical (unpaired) electrons. The molecule has 2 rings (SSSR count). The lowest BCUT2D eigenvalue weighted by molar-refractivity contribution is 0.397. The minimum absolute atomic E-state index is 0.433. The molecule has 0 spiro atoms. The molecule has 2 aromatic rings. The van der Waals surface area contributed by atoms with E-state index in [0.717, 1.165) is 17.1 Å². The van der Waals surface area contributed by atoms with Crippen LogP contribution in [0, 0.1) is 0 Å². The summed E-state index contributed by atoms with van der Waals surface area (Å²) in [6.07, 6.45) is 0. The van der Waals surface area contributed by atoms with Gasteiger partial charge in [-0.3, -0.25) is 0 Å². The highest BCUT2D eigenvalue weighted by Gasteiger charge is 2.15. The van der Waals surface area contributed by atoms with Crippen molar-refractivity contribution in [1.82, 2.24) is 4.98 Å². The molecule has 1 aromatic carbocycles. The first-order valence-electron chi connectivity index (χ1n) is 8.04. The largest absolute Gasteiger partial charge is 0.481 e. The van der Waals surface area contributed by atoms with Gasteiger partial charge in [0.2, 0.25) is 5.88 Å². The zero-order valence-corrected chi connectivity index (χ0v) is 14.7. The maximum Gasteiger partial charge on any atom is 0.213 e. The third-order valence-corrected chi connectivity index (χ3v) is 3.89. The molecule has 0 saturated carbocycles. The number of nitrogens with one attached hydrogen (secondary N) is 1. The number of anilines is 1. The van der Waals surface area contributed by atoms with Gasteiger partial charge in [-0.1, -0.05) is 58.5 Å². The average molecular weight is 310 g/mol. The van der Waals surface area contributed by atoms with Crippen molar-refractivity contribution in [2.45, 2.75) is 39.5 Å². The fraction of sp³-hybridized carbons (Fsp3) is 0.350. The topological polar surface area (TPSA) is 34.1 Å². The predicted molar refractivity (Wildman–Crippen MR) is 98.1 cm³/mol. The zero-order valence-electron chi connectivity index (χ0n) is 14.7. The van der Waals surface area contributed by atoms with Crippen LogP contribution in [0.25, 0.3) is 5.70 Å². The average Bonchev–Trinajstić information content (AvgIpc) is 2.54. The SMILES string of the molecule is C=C(Nc1c(C(C)C)cccc1C(C)C)c1cccc(OC)n1. The zero-order chi connectivity index (χ0) is 17.0. The van der Waals surface area contributed by atoms with E-state index in [-0.39, 0.29) is 0 Å². The van der Waals surface area contributed by atoms with Crippen molar-refractivity contribution >= 4 is 11.4 Å². The normalized spacial score (nSPS) is 10.9. The summed E-state index contributed by atoms with van der Waals surface area (Å²) >= 11 is 0. The number of hydrogen-bond acceptors (Lipinski definition) is 3. The number of aromatic nitrogens is 1. The van der Waals surface area contributed by atoms with Gasteiger partial charge in [0.25, 0.3) is 0 Å². The van der Waals surface area contributed by atoms with Crippen LogP contribution in [0.2, 0.25) is 0 Å². The lowest BCUT2D eigenvalue weighted by Gasteiger charge is -2.21. The summed E-state index contributed by atoms with van der Waals surface area (Å²) in [6, 6.07) is 12.2. The number of methoxy groups -OCH3 is 1. The fourth-order valence-electron chi connectivity index (χ4n) is 2.61. The standard InChI is InChI=1S/C20H26N2O/c1-13(2)16-9-7-10-17(14(3)4)20(16)21-15(5)18-11-8-12-19(22-18)23-6/h7-14,21H,5H2,1-4,6H3. The highest BCUT2D eigenvalue weighted by molar-refractivity contribution is 5.77. The van der Waals surface area contributed by atoms with Crippen LogP contribution in [0.5, 0.6) is 5.88 Å². The number of rotatable bonds is 6. The minimum Gasteiger partial charge on any atom is -0.481 e. The minimum atomic E-state index is 0.433. The van der Waals surface area contributed by atoms with Gasteiger partial charge in [0, 0.05) is 11.8 Å². The Hall–Kier alpha value is -2.29. The molecule has 0 amide bonds. The third-order valence-electron chi connectivity index (χ3n) is 3.89. The Morgan fingerprint density at radius 1 is 1.00 bits per heavy atom. The molecule has 0 bridgehead atoms. The first kappa shape index (κ1) is 17.1. The smallest absolute Gasteiger partial charge is 0.213 e. The Morgan fingerprint density at radius 2 is 1.57 bits per heavy atom. The molecule has 0 aliphatic rings. The summed E-state index contributed by atoms with van der Waals surface area (Å²) in [5.74, 6) is 1.45. The third kappa shape index (κ3) is 3.92.